The lowest BCUT2D eigenvalue weighted by molar-refractivity contribution is 0.184. The molecule has 0 radical (unpaired) electrons. The van der Waals surface area contributed by atoms with Crippen LogP contribution in [0.4, 0.5) is 0 Å². The third-order valence-corrected chi connectivity index (χ3v) is 5.22. The third kappa shape index (κ3) is 4.35. The Kier molecular flexibility index (Phi) is 5.63. The number of fused-ring (bicyclic) bond motifs is 1. The zero-order valence-corrected chi connectivity index (χ0v) is 15.2. The Morgan fingerprint density at radius 2 is 2.08 bits per heavy atom. The van der Waals surface area contributed by atoms with Crippen molar-refractivity contribution >= 4 is 27.4 Å². The molecule has 0 saturated carbocycles. The van der Waals surface area contributed by atoms with Crippen molar-refractivity contribution in [1.29, 1.82) is 0 Å². The van der Waals surface area contributed by atoms with E-state index >= 15 is 0 Å². The van der Waals surface area contributed by atoms with Crippen LogP contribution in [0, 0.1) is 6.92 Å². The Bertz CT molecular complexity index is 841. The van der Waals surface area contributed by atoms with Gasteiger partial charge < -0.3 is 15.7 Å². The molecule has 2 heterocycles. The van der Waals surface area contributed by atoms with Gasteiger partial charge in [-0.1, -0.05) is 24.3 Å². The van der Waals surface area contributed by atoms with Crippen LogP contribution in [0.3, 0.4) is 0 Å². The number of nitrogens with zero attached hydrogens (tertiary/aromatic N) is 2. The molecule has 5 nitrogen and oxygen atoms in total. The second kappa shape index (κ2) is 8.09. The van der Waals surface area contributed by atoms with E-state index in [2.05, 4.69) is 32.7 Å². The summed E-state index contributed by atoms with van der Waals surface area (Å²) in [4.78, 5) is 9.51. The average Bonchev–Trinajstić information content (AvgIpc) is 3.07. The molecule has 0 saturated heterocycles. The van der Waals surface area contributed by atoms with Crippen molar-refractivity contribution in [3.8, 4) is 0 Å². The van der Waals surface area contributed by atoms with E-state index < -0.39 is 6.10 Å². The predicted molar refractivity (Wildman–Crippen MR) is 104 cm³/mol. The summed E-state index contributed by atoms with van der Waals surface area (Å²) in [6, 6.07) is 14.1. The number of hydrogen-bond acceptors (Lipinski definition) is 4. The number of benzene rings is 1. The summed E-state index contributed by atoms with van der Waals surface area (Å²) in [7, 11) is 1.71. The molecular formula is C19H22N4OS. The molecule has 0 spiro atoms. The SMILES string of the molecule is CN=C(NCc1ncccc1C)NCC(O)c1cc2ccccc2s1. The molecule has 6 heteroatoms. The first-order valence-electron chi connectivity index (χ1n) is 8.19. The molecule has 1 unspecified atom stereocenters. The Morgan fingerprint density at radius 1 is 1.24 bits per heavy atom. The van der Waals surface area contributed by atoms with Crippen LogP contribution in [0.1, 0.15) is 22.2 Å². The van der Waals surface area contributed by atoms with Crippen LogP contribution in [0.15, 0.2) is 53.7 Å². The first-order valence-corrected chi connectivity index (χ1v) is 9.00. The maximum absolute atomic E-state index is 10.4. The molecule has 3 aromatic rings. The van der Waals surface area contributed by atoms with Crippen molar-refractivity contribution in [2.45, 2.75) is 19.6 Å². The van der Waals surface area contributed by atoms with Gasteiger partial charge in [0.15, 0.2) is 5.96 Å². The number of aliphatic imine (C=N–C) groups is 1. The lowest BCUT2D eigenvalue weighted by Crippen LogP contribution is -2.39. The van der Waals surface area contributed by atoms with E-state index in [1.165, 1.54) is 4.70 Å². The average molecular weight is 354 g/mol. The fourth-order valence-electron chi connectivity index (χ4n) is 2.55. The van der Waals surface area contributed by atoms with Crippen molar-refractivity contribution in [2.75, 3.05) is 13.6 Å². The Hall–Kier alpha value is -2.44. The van der Waals surface area contributed by atoms with Gasteiger partial charge in [0, 0.05) is 29.4 Å². The smallest absolute Gasteiger partial charge is 0.191 e. The lowest BCUT2D eigenvalue weighted by Gasteiger charge is -2.15. The van der Waals surface area contributed by atoms with Crippen molar-refractivity contribution in [2.24, 2.45) is 4.99 Å². The second-order valence-electron chi connectivity index (χ2n) is 5.78. The zero-order chi connectivity index (χ0) is 17.6. The molecule has 0 amide bonds. The number of aliphatic hydroxyl groups is 1. The number of aromatic nitrogens is 1. The summed E-state index contributed by atoms with van der Waals surface area (Å²) >= 11 is 1.62. The molecular weight excluding hydrogens is 332 g/mol. The summed E-state index contributed by atoms with van der Waals surface area (Å²) < 4.78 is 1.18. The van der Waals surface area contributed by atoms with Gasteiger partial charge in [0.05, 0.1) is 12.2 Å². The number of aryl methyl sites for hydroxylation is 1. The minimum absolute atomic E-state index is 0.397. The predicted octanol–water partition coefficient (Wildman–Crippen LogP) is 3.00. The maximum atomic E-state index is 10.4. The van der Waals surface area contributed by atoms with Crippen LogP contribution in [0.2, 0.25) is 0 Å². The molecule has 3 N–H and O–H groups in total. The summed E-state index contributed by atoms with van der Waals surface area (Å²) in [6.07, 6.45) is 1.21. The second-order valence-corrected chi connectivity index (χ2v) is 6.89. The molecule has 0 fully saturated rings. The van der Waals surface area contributed by atoms with Crippen molar-refractivity contribution in [3.63, 3.8) is 0 Å². The summed E-state index contributed by atoms with van der Waals surface area (Å²) in [5.74, 6) is 0.644. The number of hydrogen-bond donors (Lipinski definition) is 3. The Balaban J connectivity index is 1.56. The molecule has 25 heavy (non-hydrogen) atoms. The fraction of sp³-hybridized carbons (Fsp3) is 0.263. The fourth-order valence-corrected chi connectivity index (χ4v) is 3.60. The quantitative estimate of drug-likeness (QED) is 0.487. The highest BCUT2D eigenvalue weighted by atomic mass is 32.1. The summed E-state index contributed by atoms with van der Waals surface area (Å²) in [6.45, 7) is 3.02. The highest BCUT2D eigenvalue weighted by Crippen LogP contribution is 2.29. The van der Waals surface area contributed by atoms with E-state index in [1.54, 1.807) is 24.6 Å². The standard InChI is InChI=1S/C19H22N4OS/c1-13-6-5-9-21-15(13)11-22-19(20-2)23-12-16(24)18-10-14-7-3-4-8-17(14)25-18/h3-10,16,24H,11-12H2,1-2H3,(H2,20,22,23). The van der Waals surface area contributed by atoms with Gasteiger partial charge in [-0.05, 0) is 36.1 Å². The maximum Gasteiger partial charge on any atom is 0.191 e. The number of nitrogens with one attached hydrogen (secondary N) is 2. The van der Waals surface area contributed by atoms with E-state index in [9.17, 15) is 5.11 Å². The van der Waals surface area contributed by atoms with Crippen LogP contribution in [-0.4, -0.2) is 29.6 Å². The van der Waals surface area contributed by atoms with Gasteiger partial charge in [-0.2, -0.15) is 0 Å². The van der Waals surface area contributed by atoms with Crippen molar-refractivity contribution in [1.82, 2.24) is 15.6 Å². The molecule has 0 aliphatic carbocycles. The van der Waals surface area contributed by atoms with E-state index in [1.807, 2.05) is 37.3 Å². The van der Waals surface area contributed by atoms with Gasteiger partial charge in [-0.15, -0.1) is 11.3 Å². The van der Waals surface area contributed by atoms with Gasteiger partial charge in [0.1, 0.15) is 6.10 Å². The van der Waals surface area contributed by atoms with E-state index in [4.69, 9.17) is 0 Å². The van der Waals surface area contributed by atoms with E-state index in [0.717, 1.165) is 21.5 Å². The largest absolute Gasteiger partial charge is 0.386 e. The molecule has 0 aliphatic heterocycles. The Morgan fingerprint density at radius 3 is 2.84 bits per heavy atom. The first kappa shape index (κ1) is 17.4. The zero-order valence-electron chi connectivity index (χ0n) is 14.4. The highest BCUT2D eigenvalue weighted by molar-refractivity contribution is 7.19. The van der Waals surface area contributed by atoms with Gasteiger partial charge >= 0.3 is 0 Å². The van der Waals surface area contributed by atoms with Crippen molar-refractivity contribution in [3.05, 3.63) is 64.8 Å². The van der Waals surface area contributed by atoms with Crippen LogP contribution in [0.5, 0.6) is 0 Å². The molecule has 1 aromatic carbocycles. The molecule has 1 atom stereocenters. The van der Waals surface area contributed by atoms with Gasteiger partial charge in [-0.25, -0.2) is 0 Å². The van der Waals surface area contributed by atoms with E-state index in [-0.39, 0.29) is 0 Å². The van der Waals surface area contributed by atoms with Crippen molar-refractivity contribution < 1.29 is 5.11 Å². The van der Waals surface area contributed by atoms with Crippen LogP contribution >= 0.6 is 11.3 Å². The molecule has 2 aromatic heterocycles. The summed E-state index contributed by atoms with van der Waals surface area (Å²) in [5, 5.41) is 18.0. The van der Waals surface area contributed by atoms with Crippen LogP contribution < -0.4 is 10.6 Å². The Labute approximate surface area is 151 Å². The number of guanidine groups is 1. The molecule has 0 aliphatic rings. The van der Waals surface area contributed by atoms with Crippen LogP contribution in [0.25, 0.3) is 10.1 Å². The normalized spacial score (nSPS) is 13.0. The summed E-state index contributed by atoms with van der Waals surface area (Å²) in [5.41, 5.74) is 2.12. The van der Waals surface area contributed by atoms with Gasteiger partial charge in [0.2, 0.25) is 0 Å². The lowest BCUT2D eigenvalue weighted by atomic mass is 10.2. The van der Waals surface area contributed by atoms with Gasteiger partial charge in [-0.3, -0.25) is 9.98 Å². The van der Waals surface area contributed by atoms with Gasteiger partial charge in [0.25, 0.3) is 0 Å². The minimum Gasteiger partial charge on any atom is -0.386 e. The number of rotatable bonds is 5. The molecule has 3 rings (SSSR count). The third-order valence-electron chi connectivity index (χ3n) is 4.00. The van der Waals surface area contributed by atoms with Crippen LogP contribution in [-0.2, 0) is 6.54 Å². The monoisotopic (exact) mass is 354 g/mol. The molecule has 130 valence electrons. The minimum atomic E-state index is -0.576. The van der Waals surface area contributed by atoms with E-state index in [0.29, 0.717) is 19.0 Å². The topological polar surface area (TPSA) is 69.5 Å². The highest BCUT2D eigenvalue weighted by Gasteiger charge is 2.12. The number of pyridine rings is 1. The number of aliphatic hydroxyl groups excluding tert-OH is 1. The molecule has 0 bridgehead atoms. The first-order chi connectivity index (χ1) is 12.2. The number of thiophene rings is 1.